The number of fused-ring (bicyclic) bond motifs is 5. The number of esters is 1. The lowest BCUT2D eigenvalue weighted by atomic mass is 9.88. The van der Waals surface area contributed by atoms with Crippen molar-refractivity contribution in [1.29, 1.82) is 0 Å². The van der Waals surface area contributed by atoms with Crippen LogP contribution < -0.4 is 20.9 Å². The maximum Gasteiger partial charge on any atom is 0.333 e. The average Bonchev–Trinajstić information content (AvgIpc) is 3.89. The van der Waals surface area contributed by atoms with Crippen molar-refractivity contribution in [3.05, 3.63) is 89.7 Å². The highest BCUT2D eigenvalue weighted by molar-refractivity contribution is 8.00. The summed E-state index contributed by atoms with van der Waals surface area (Å²) >= 11 is 1.73. The van der Waals surface area contributed by atoms with Gasteiger partial charge >= 0.3 is 5.97 Å². The van der Waals surface area contributed by atoms with E-state index in [-0.39, 0.29) is 50.1 Å². The topological polar surface area (TPSA) is 231 Å². The van der Waals surface area contributed by atoms with Gasteiger partial charge in [0.25, 0.3) is 5.91 Å². The van der Waals surface area contributed by atoms with Crippen LogP contribution >= 0.6 is 11.8 Å². The van der Waals surface area contributed by atoms with Crippen LogP contribution in [0.25, 0.3) is 0 Å². The lowest BCUT2D eigenvalue weighted by Crippen LogP contribution is -2.63. The Morgan fingerprint density at radius 2 is 1.58 bits per heavy atom. The number of pyridine rings is 1. The number of aromatic nitrogens is 1. The van der Waals surface area contributed by atoms with E-state index >= 15 is 14.4 Å². The van der Waals surface area contributed by atoms with E-state index in [2.05, 4.69) is 25.8 Å². The van der Waals surface area contributed by atoms with Crippen molar-refractivity contribution in [3.63, 3.8) is 0 Å². The van der Waals surface area contributed by atoms with Gasteiger partial charge in [0.05, 0.1) is 0 Å². The molecule has 0 aliphatic carbocycles. The maximum atomic E-state index is 15.7. The summed E-state index contributed by atoms with van der Waals surface area (Å²) in [5.41, 5.74) is 1.49. The van der Waals surface area contributed by atoms with Crippen LogP contribution in [0.15, 0.2) is 72.9 Å². The number of Topliss-reactive ketones (excluding diaryl/α,β-unsaturated/α-hetero) is 1. The number of ether oxygens (including phenoxy) is 1. The predicted octanol–water partition coefficient (Wildman–Crippen LogP) is 2.32. The van der Waals surface area contributed by atoms with Gasteiger partial charge in [-0.25, -0.2) is 9.78 Å². The fraction of sp³-hybridized carbons (Fsp3) is 0.528. The summed E-state index contributed by atoms with van der Waals surface area (Å²) in [6, 6.07) is 10.3. The highest BCUT2D eigenvalue weighted by Crippen LogP contribution is 2.37. The number of hydrogen-bond acceptors (Lipinski definition) is 14. The summed E-state index contributed by atoms with van der Waals surface area (Å²) in [5.74, 6) is -5.83. The van der Waals surface area contributed by atoms with E-state index < -0.39 is 101 Å². The van der Waals surface area contributed by atoms with Crippen LogP contribution in [0.3, 0.4) is 0 Å². The molecule has 2 bridgehead atoms. The largest absolute Gasteiger partial charge is 0.505 e. The highest BCUT2D eigenvalue weighted by Gasteiger charge is 2.48. The minimum atomic E-state index is -1.69. The minimum Gasteiger partial charge on any atom is -0.505 e. The van der Waals surface area contributed by atoms with Gasteiger partial charge in [0, 0.05) is 82.4 Å². The molecule has 3 aromatic rings. The molecule has 6 fully saturated rings. The van der Waals surface area contributed by atoms with Gasteiger partial charge in [0.1, 0.15) is 47.8 Å². The molecule has 7 heterocycles. The molecule has 73 heavy (non-hydrogen) atoms. The first-order valence-electron chi connectivity index (χ1n) is 25.3. The average molecular weight is 1020 g/mol. The number of rotatable bonds is 10. The van der Waals surface area contributed by atoms with Crippen LogP contribution in [0.2, 0.25) is 0 Å². The fourth-order valence-corrected chi connectivity index (χ4v) is 12.4. The van der Waals surface area contributed by atoms with Crippen LogP contribution in [-0.2, 0) is 44.7 Å². The van der Waals surface area contributed by atoms with Crippen molar-refractivity contribution >= 4 is 64.6 Å². The molecule has 9 rings (SSSR count). The highest BCUT2D eigenvalue weighted by atomic mass is 32.2. The lowest BCUT2D eigenvalue weighted by Gasteiger charge is -2.45. The first kappa shape index (κ1) is 52.8. The molecule has 0 saturated carbocycles. The number of amides is 6. The van der Waals surface area contributed by atoms with Gasteiger partial charge in [-0.05, 0) is 93.4 Å². The Balaban J connectivity index is 1.19. The van der Waals surface area contributed by atoms with E-state index in [1.54, 1.807) is 49.0 Å². The number of benzene rings is 2. The molecule has 1 aromatic heterocycles. The molecule has 6 aliphatic heterocycles. The molecule has 19 nitrogen and oxygen atoms in total. The number of aromatic hydroxyl groups is 1. The Labute approximate surface area is 430 Å². The SMILES string of the molecule is CCC1NC(=O)[C@@H](NC(=O)c2ncccc2O)[C@@H](C)OC(=O)[C@H](c2ccccc2)NC(=O)[C@@H]2CC(=O)[C@H](CSC3CN4CCC3CC4)CN2C(=O)[C@H](Cc2ccc(N(C)C)cc2)N(C)C(=O)[C@@H]2CCCN2C1=O. The number of nitrogens with one attached hydrogen (secondary N) is 3. The monoisotopic (exact) mass is 1020 g/mol. The van der Waals surface area contributed by atoms with E-state index in [1.807, 2.05) is 43.3 Å². The number of ketones is 1. The van der Waals surface area contributed by atoms with E-state index in [4.69, 9.17) is 4.74 Å². The summed E-state index contributed by atoms with van der Waals surface area (Å²) in [5, 5.41) is 18.8. The zero-order valence-electron chi connectivity index (χ0n) is 42.1. The van der Waals surface area contributed by atoms with E-state index in [9.17, 15) is 29.1 Å². The molecule has 0 spiro atoms. The van der Waals surface area contributed by atoms with Crippen molar-refractivity contribution in [2.24, 2.45) is 11.8 Å². The Kier molecular flexibility index (Phi) is 16.7. The molecule has 20 heteroatoms. The first-order valence-corrected chi connectivity index (χ1v) is 26.4. The zero-order valence-corrected chi connectivity index (χ0v) is 42.9. The maximum absolute atomic E-state index is 15.7. The third-order valence-corrected chi connectivity index (χ3v) is 16.7. The van der Waals surface area contributed by atoms with Crippen molar-refractivity contribution < 1.29 is 48.2 Å². The molecule has 2 aromatic carbocycles. The predicted molar refractivity (Wildman–Crippen MR) is 272 cm³/mol. The van der Waals surface area contributed by atoms with Gasteiger partial charge in [0.15, 0.2) is 11.7 Å². The number of anilines is 1. The second kappa shape index (κ2) is 23.1. The second-order valence-corrected chi connectivity index (χ2v) is 21.4. The zero-order chi connectivity index (χ0) is 52.1. The van der Waals surface area contributed by atoms with Crippen LogP contribution in [0, 0.1) is 11.8 Å². The van der Waals surface area contributed by atoms with Gasteiger partial charge in [-0.3, -0.25) is 33.6 Å². The molecule has 390 valence electrons. The van der Waals surface area contributed by atoms with Crippen LogP contribution in [0.4, 0.5) is 5.69 Å². The number of cyclic esters (lactones) is 1. The molecule has 6 saturated heterocycles. The Bertz CT molecular complexity index is 2540. The minimum absolute atomic E-state index is 0.0289. The number of carbonyl (C=O) groups is 8. The number of likely N-dealkylation sites (N-methyl/N-ethyl adjacent to an activating group) is 1. The Hall–Kier alpha value is -6.54. The molecule has 6 aliphatic rings. The second-order valence-electron chi connectivity index (χ2n) is 20.1. The third-order valence-electron chi connectivity index (χ3n) is 15.2. The van der Waals surface area contributed by atoms with E-state index in [0.717, 1.165) is 43.7 Å². The van der Waals surface area contributed by atoms with E-state index in [1.165, 1.54) is 47.0 Å². The molecule has 4 N–H and O–H groups in total. The third kappa shape index (κ3) is 11.8. The van der Waals surface area contributed by atoms with Crippen molar-refractivity contribution in [1.82, 2.24) is 40.5 Å². The molecule has 2 unspecified atom stereocenters. The summed E-state index contributed by atoms with van der Waals surface area (Å²) < 4.78 is 5.97. The molecular weight excluding hydrogens is 955 g/mol. The summed E-state index contributed by atoms with van der Waals surface area (Å²) in [6.45, 7) is 6.11. The fourth-order valence-electron chi connectivity index (χ4n) is 10.8. The van der Waals surface area contributed by atoms with Gasteiger partial charge in [0.2, 0.25) is 29.5 Å². The van der Waals surface area contributed by atoms with Crippen molar-refractivity contribution in [3.8, 4) is 5.75 Å². The van der Waals surface area contributed by atoms with Gasteiger partial charge in [-0.1, -0.05) is 49.4 Å². The van der Waals surface area contributed by atoms with Gasteiger partial charge in [-0.2, -0.15) is 11.8 Å². The standard InChI is InChI=1S/C53H67N9O10S/c1-6-37-50(68)61-23-11-14-38(61)51(69)59(5)40(26-32-16-18-36(19-17-32)58(3)4)52(70)62-28-35(30-73-43-29-60-24-20-33(43)21-25-60)42(64)27-39(62)47(65)57-45(34-12-8-7-9-13-34)53(71)72-31(2)44(48(66)55-37)56-49(67)46-41(63)15-10-22-54-46/h7-10,12-13,15-19,22,31,33,35,37-40,43-45,63H,6,11,14,20-21,23-30H2,1-5H3,(H,55,66)(H,56,67)(H,57,65)/t31-,35+,37?,38+,39+,40+,43?,44+,45+/m1/s1. The number of hydrogen-bond donors (Lipinski definition) is 4. The Morgan fingerprint density at radius 1 is 0.849 bits per heavy atom. The number of piperidine rings is 4. The van der Waals surface area contributed by atoms with E-state index in [0.29, 0.717) is 23.3 Å². The number of carbonyl (C=O) groups excluding carboxylic acids is 8. The number of thioether (sulfide) groups is 1. The lowest BCUT2D eigenvalue weighted by molar-refractivity contribution is -0.157. The first-order chi connectivity index (χ1) is 35.0. The van der Waals surface area contributed by atoms with Crippen molar-refractivity contribution in [2.75, 3.05) is 64.5 Å². The summed E-state index contributed by atoms with van der Waals surface area (Å²) in [4.78, 5) is 130. The molecular formula is C53H67N9O10S. The van der Waals surface area contributed by atoms with Crippen LogP contribution in [0.5, 0.6) is 5.75 Å². The van der Waals surface area contributed by atoms with Crippen LogP contribution in [-0.4, -0.2) is 178 Å². The Morgan fingerprint density at radius 3 is 2.23 bits per heavy atom. The quantitative estimate of drug-likeness (QED) is 0.214. The molecule has 6 amide bonds. The molecule has 9 atom stereocenters. The van der Waals surface area contributed by atoms with Gasteiger partial charge in [-0.15, -0.1) is 0 Å². The molecule has 0 radical (unpaired) electrons. The van der Waals surface area contributed by atoms with Crippen molar-refractivity contribution in [2.45, 2.75) is 106 Å². The normalized spacial score (nSPS) is 29.5. The van der Waals surface area contributed by atoms with Crippen LogP contribution in [0.1, 0.15) is 80.0 Å². The van der Waals surface area contributed by atoms with Gasteiger partial charge < -0.3 is 50.3 Å². The smallest absolute Gasteiger partial charge is 0.333 e. The summed E-state index contributed by atoms with van der Waals surface area (Å²) in [7, 11) is 5.33. The number of nitrogens with zero attached hydrogens (tertiary/aromatic N) is 6. The summed E-state index contributed by atoms with van der Waals surface area (Å²) in [6.07, 6.45) is 2.40.